The summed E-state index contributed by atoms with van der Waals surface area (Å²) in [6.07, 6.45) is -7.65. The smallest absolute Gasteiger partial charge is 0.341 e. The van der Waals surface area contributed by atoms with Crippen molar-refractivity contribution >= 4 is 6.01 Å². The monoisotopic (exact) mass is 467 g/mol. The van der Waals surface area contributed by atoms with Gasteiger partial charge in [-0.05, 0) is 0 Å². The van der Waals surface area contributed by atoms with Gasteiger partial charge in [-0.15, -0.1) is 0 Å². The van der Waals surface area contributed by atoms with Crippen LogP contribution in [0.3, 0.4) is 0 Å². The van der Waals surface area contributed by atoms with Crippen molar-refractivity contribution in [2.45, 2.75) is 41.7 Å². The molecule has 1 aromatic rings. The van der Waals surface area contributed by atoms with Crippen LogP contribution < -0.4 is 5.32 Å². The molecular weight excluding hydrogens is 463 g/mol. The van der Waals surface area contributed by atoms with Gasteiger partial charge < -0.3 is 9.84 Å². The predicted octanol–water partition coefficient (Wildman–Crippen LogP) is 4.94. The average Bonchev–Trinajstić information content (AvgIpc) is 3.02. The van der Waals surface area contributed by atoms with Crippen LogP contribution in [-0.2, 0) is 5.92 Å². The van der Waals surface area contributed by atoms with Gasteiger partial charge in [0, 0.05) is 7.05 Å². The number of anilines is 1. The van der Waals surface area contributed by atoms with Gasteiger partial charge in [0.2, 0.25) is 5.82 Å². The zero-order valence-electron chi connectivity index (χ0n) is 13.0. The molecule has 0 atom stereocenters. The van der Waals surface area contributed by atoms with E-state index in [-0.39, 0.29) is 0 Å². The Balaban J connectivity index is 3.60. The molecule has 0 spiro atoms. The number of nitrogens with zero attached hydrogens (tertiary/aromatic N) is 2. The Hall–Kier alpha value is -2.11. The van der Waals surface area contributed by atoms with E-state index in [0.29, 0.717) is 0 Å². The zero-order chi connectivity index (χ0) is 23.5. The lowest BCUT2D eigenvalue weighted by Crippen LogP contribution is -2.72. The molecule has 0 radical (unpaired) electrons. The van der Waals surface area contributed by atoms with Gasteiger partial charge >= 0.3 is 47.7 Å². The van der Waals surface area contributed by atoms with Gasteiger partial charge in [-0.25, -0.2) is 0 Å². The maximum Gasteiger partial charge on any atom is 0.460 e. The van der Waals surface area contributed by atoms with Gasteiger partial charge in [-0.3, -0.25) is 0 Å². The van der Waals surface area contributed by atoms with Crippen molar-refractivity contribution in [2.24, 2.45) is 0 Å². The third-order valence-corrected chi connectivity index (χ3v) is 3.25. The summed E-state index contributed by atoms with van der Waals surface area (Å²) in [6, 6.07) is -1.19. The minimum Gasteiger partial charge on any atom is -0.341 e. The van der Waals surface area contributed by atoms with E-state index in [1.807, 2.05) is 5.16 Å². The van der Waals surface area contributed by atoms with Crippen molar-refractivity contribution in [3.8, 4) is 0 Å². The highest BCUT2D eigenvalue weighted by atomic mass is 19.4. The molecule has 0 aliphatic heterocycles. The highest BCUT2D eigenvalue weighted by Gasteiger charge is 2.93. The molecule has 0 saturated carbocycles. The number of hydrogen-bond acceptors (Lipinski definition) is 4. The summed E-state index contributed by atoms with van der Waals surface area (Å²) in [5, 5.41) is 3.70. The molecule has 0 aliphatic carbocycles. The van der Waals surface area contributed by atoms with Crippen LogP contribution in [0.5, 0.6) is 0 Å². The molecule has 1 heterocycles. The Morgan fingerprint density at radius 3 is 1.34 bits per heavy atom. The molecule has 19 heteroatoms. The standard InChI is InChI=1S/C10H4F15N3O/c1-26-3-27-2(28-29-3)4(11,12)5(13,14)6(15,16)7(17,18)8(19,20)9(21,22)10(23,24)25/h1H3,(H,26,27,28). The van der Waals surface area contributed by atoms with Crippen molar-refractivity contribution in [1.29, 1.82) is 0 Å². The summed E-state index contributed by atoms with van der Waals surface area (Å²) in [5.41, 5.74) is 0. The fourth-order valence-corrected chi connectivity index (χ4v) is 1.56. The number of halogens is 15. The van der Waals surface area contributed by atoms with E-state index < -0.39 is 53.6 Å². The molecule has 1 aromatic heterocycles. The van der Waals surface area contributed by atoms with Gasteiger partial charge in [-0.2, -0.15) is 70.8 Å². The maximum atomic E-state index is 13.6. The van der Waals surface area contributed by atoms with Crippen LogP contribution in [0.4, 0.5) is 71.9 Å². The van der Waals surface area contributed by atoms with Gasteiger partial charge in [0.05, 0.1) is 0 Å². The molecule has 0 aromatic carbocycles. The van der Waals surface area contributed by atoms with E-state index in [4.69, 9.17) is 0 Å². The Morgan fingerprint density at radius 2 is 1.00 bits per heavy atom. The lowest BCUT2D eigenvalue weighted by atomic mass is 9.91. The Labute approximate surface area is 148 Å². The Bertz CT molecular complexity index is 737. The number of nitrogens with one attached hydrogen (secondary N) is 1. The fourth-order valence-electron chi connectivity index (χ4n) is 1.56. The van der Waals surface area contributed by atoms with Gasteiger partial charge in [0.1, 0.15) is 0 Å². The molecule has 0 saturated heterocycles. The largest absolute Gasteiger partial charge is 0.460 e. The highest BCUT2D eigenvalue weighted by Crippen LogP contribution is 2.63. The van der Waals surface area contributed by atoms with Crippen LogP contribution in [0, 0.1) is 0 Å². The van der Waals surface area contributed by atoms with Gasteiger partial charge in [0.25, 0.3) is 0 Å². The van der Waals surface area contributed by atoms with Crippen molar-refractivity contribution < 1.29 is 70.4 Å². The van der Waals surface area contributed by atoms with E-state index in [1.54, 1.807) is 5.32 Å². The maximum absolute atomic E-state index is 13.6. The predicted molar refractivity (Wildman–Crippen MR) is 58.5 cm³/mol. The van der Waals surface area contributed by atoms with Crippen LogP contribution in [0.2, 0.25) is 0 Å². The second-order valence-electron chi connectivity index (χ2n) is 5.12. The first kappa shape index (κ1) is 24.9. The summed E-state index contributed by atoms with van der Waals surface area (Å²) >= 11 is 0. The van der Waals surface area contributed by atoms with Crippen LogP contribution in [0.25, 0.3) is 0 Å². The highest BCUT2D eigenvalue weighted by molar-refractivity contribution is 5.21. The molecular formula is C10H4F15N3O. The third kappa shape index (κ3) is 3.11. The number of alkyl halides is 15. The molecule has 1 rings (SSSR count). The Kier molecular flexibility index (Phi) is 5.54. The minimum absolute atomic E-state index is 0.816. The van der Waals surface area contributed by atoms with Crippen LogP contribution in [0.15, 0.2) is 4.52 Å². The molecule has 4 nitrogen and oxygen atoms in total. The molecule has 29 heavy (non-hydrogen) atoms. The molecule has 170 valence electrons. The lowest BCUT2D eigenvalue weighted by molar-refractivity contribution is -0.454. The topological polar surface area (TPSA) is 51.0 Å². The zero-order valence-corrected chi connectivity index (χ0v) is 13.0. The Morgan fingerprint density at radius 1 is 0.621 bits per heavy atom. The first-order valence-corrected chi connectivity index (χ1v) is 6.39. The second kappa shape index (κ2) is 6.44. The number of hydrogen-bond donors (Lipinski definition) is 1. The van der Waals surface area contributed by atoms with Crippen LogP contribution in [-0.4, -0.2) is 53.0 Å². The van der Waals surface area contributed by atoms with Gasteiger partial charge in [-0.1, -0.05) is 5.16 Å². The van der Waals surface area contributed by atoms with Crippen molar-refractivity contribution in [3.05, 3.63) is 5.82 Å². The fraction of sp³-hybridized carbons (Fsp3) is 0.800. The third-order valence-electron chi connectivity index (χ3n) is 3.25. The van der Waals surface area contributed by atoms with Gasteiger partial charge in [0.15, 0.2) is 0 Å². The van der Waals surface area contributed by atoms with E-state index in [1.165, 1.54) is 0 Å². The van der Waals surface area contributed by atoms with E-state index in [2.05, 4.69) is 9.51 Å². The van der Waals surface area contributed by atoms with Crippen molar-refractivity contribution in [1.82, 2.24) is 10.1 Å². The average molecular weight is 467 g/mol. The molecule has 0 fully saturated rings. The quantitative estimate of drug-likeness (QED) is 0.578. The van der Waals surface area contributed by atoms with E-state index >= 15 is 0 Å². The van der Waals surface area contributed by atoms with Crippen molar-refractivity contribution in [3.63, 3.8) is 0 Å². The van der Waals surface area contributed by atoms with Crippen LogP contribution >= 0.6 is 0 Å². The first-order chi connectivity index (χ1) is 12.5. The second-order valence-corrected chi connectivity index (χ2v) is 5.12. The summed E-state index contributed by atoms with van der Waals surface area (Å²) in [7, 11) is 0.816. The summed E-state index contributed by atoms with van der Waals surface area (Å²) in [6.45, 7) is 0. The molecule has 0 unspecified atom stereocenters. The normalized spacial score (nSPS) is 15.6. The molecule has 1 N–H and O–H groups in total. The van der Waals surface area contributed by atoms with E-state index in [9.17, 15) is 65.9 Å². The molecule has 0 aliphatic rings. The molecule has 0 amide bonds. The number of rotatable bonds is 7. The minimum atomic E-state index is -8.36. The van der Waals surface area contributed by atoms with E-state index in [0.717, 1.165) is 7.05 Å². The SMILES string of the molecule is CNc1nc(C(F)(F)C(F)(F)C(F)(F)C(F)(F)C(F)(F)C(F)(F)C(F)(F)F)no1. The summed E-state index contributed by atoms with van der Waals surface area (Å²) in [4.78, 5) is 2.30. The molecule has 0 bridgehead atoms. The first-order valence-electron chi connectivity index (χ1n) is 6.39. The lowest BCUT2D eigenvalue weighted by Gasteiger charge is -2.40. The summed E-state index contributed by atoms with van der Waals surface area (Å²) < 4.78 is 198. The summed E-state index contributed by atoms with van der Waals surface area (Å²) in [5.74, 6) is -50.1. The van der Waals surface area contributed by atoms with Crippen LogP contribution in [0.1, 0.15) is 5.82 Å². The number of aromatic nitrogens is 2. The van der Waals surface area contributed by atoms with Crippen molar-refractivity contribution in [2.75, 3.05) is 12.4 Å².